The maximum Gasteiger partial charge on any atom is 0.306 e. The third-order valence-corrected chi connectivity index (χ3v) is 4.35. The van der Waals surface area contributed by atoms with E-state index >= 15 is 0 Å². The molecule has 0 heterocycles. The van der Waals surface area contributed by atoms with Crippen molar-refractivity contribution in [2.24, 2.45) is 0 Å². The van der Waals surface area contributed by atoms with Gasteiger partial charge in [-0.05, 0) is 25.8 Å². The van der Waals surface area contributed by atoms with E-state index in [1.54, 1.807) is 0 Å². The molecule has 1 aliphatic carbocycles. The number of nitrogens with one attached hydrogen (secondary N) is 1. The highest BCUT2D eigenvalue weighted by Gasteiger charge is 2.21. The fourth-order valence-corrected chi connectivity index (χ4v) is 3.50. The molecule has 1 saturated carbocycles. The van der Waals surface area contributed by atoms with Gasteiger partial charge in [-0.1, -0.05) is 13.3 Å². The van der Waals surface area contributed by atoms with Crippen LogP contribution in [-0.4, -0.2) is 36.7 Å². The molecule has 1 rings (SSSR count). The Hall–Kier alpha value is -0.220. The lowest BCUT2D eigenvalue weighted by molar-refractivity contribution is -0.140. The van der Waals surface area contributed by atoms with Crippen LogP contribution >= 0.6 is 11.8 Å². The van der Waals surface area contributed by atoms with Crippen molar-refractivity contribution in [1.29, 1.82) is 0 Å². The molecule has 2 atom stereocenters. The van der Waals surface area contributed by atoms with E-state index in [1.807, 2.05) is 11.8 Å². The van der Waals surface area contributed by atoms with Crippen molar-refractivity contribution in [3.63, 3.8) is 0 Å². The number of hydrogen-bond acceptors (Lipinski definition) is 4. The molecule has 0 amide bonds. The Morgan fingerprint density at radius 3 is 3.00 bits per heavy atom. The highest BCUT2D eigenvalue weighted by molar-refractivity contribution is 7.99. The highest BCUT2D eigenvalue weighted by atomic mass is 32.2. The van der Waals surface area contributed by atoms with Crippen LogP contribution in [0.2, 0.25) is 0 Å². The second-order valence-electron chi connectivity index (χ2n) is 4.24. The Bertz CT molecular complexity index is 209. The van der Waals surface area contributed by atoms with Gasteiger partial charge >= 0.3 is 5.97 Å². The van der Waals surface area contributed by atoms with Crippen molar-refractivity contribution in [2.45, 2.75) is 50.3 Å². The maximum absolute atomic E-state index is 11.0. The number of carbonyl (C=O) groups excluding carboxylic acids is 1. The minimum atomic E-state index is -0.0912. The van der Waals surface area contributed by atoms with E-state index in [9.17, 15) is 4.79 Å². The van der Waals surface area contributed by atoms with Gasteiger partial charge in [-0.3, -0.25) is 4.79 Å². The third-order valence-electron chi connectivity index (χ3n) is 3.01. The van der Waals surface area contributed by atoms with Crippen molar-refractivity contribution >= 4 is 17.7 Å². The minimum Gasteiger partial charge on any atom is -0.469 e. The number of thioether (sulfide) groups is 1. The van der Waals surface area contributed by atoms with E-state index in [0.29, 0.717) is 12.5 Å². The second kappa shape index (κ2) is 7.96. The Morgan fingerprint density at radius 2 is 2.31 bits per heavy atom. The van der Waals surface area contributed by atoms with Crippen molar-refractivity contribution in [1.82, 2.24) is 5.32 Å². The summed E-state index contributed by atoms with van der Waals surface area (Å²) in [6.07, 6.45) is 5.71. The molecule has 0 saturated heterocycles. The number of esters is 1. The molecule has 1 fully saturated rings. The summed E-state index contributed by atoms with van der Waals surface area (Å²) in [6.45, 7) is 3.22. The molecule has 94 valence electrons. The summed E-state index contributed by atoms with van der Waals surface area (Å²) in [6, 6.07) is 0.689. The van der Waals surface area contributed by atoms with Gasteiger partial charge in [0, 0.05) is 17.0 Å². The number of methoxy groups -OCH3 is 1. The lowest BCUT2D eigenvalue weighted by Gasteiger charge is -2.29. The Kier molecular flexibility index (Phi) is 6.88. The van der Waals surface area contributed by atoms with Crippen LogP contribution in [0.3, 0.4) is 0 Å². The molecule has 16 heavy (non-hydrogen) atoms. The van der Waals surface area contributed by atoms with Crippen molar-refractivity contribution < 1.29 is 9.53 Å². The van der Waals surface area contributed by atoms with Gasteiger partial charge in [-0.2, -0.15) is 11.8 Å². The maximum atomic E-state index is 11.0. The van der Waals surface area contributed by atoms with Crippen LogP contribution in [0.4, 0.5) is 0 Å². The largest absolute Gasteiger partial charge is 0.469 e. The zero-order valence-corrected chi connectivity index (χ0v) is 11.1. The zero-order valence-electron chi connectivity index (χ0n) is 10.3. The predicted octanol–water partition coefficient (Wildman–Crippen LogP) is 2.20. The average Bonchev–Trinajstić information content (AvgIpc) is 2.30. The van der Waals surface area contributed by atoms with Crippen LogP contribution in [0.1, 0.15) is 39.0 Å². The van der Waals surface area contributed by atoms with Crippen LogP contribution in [0.25, 0.3) is 0 Å². The number of ether oxygens (including phenoxy) is 1. The summed E-state index contributed by atoms with van der Waals surface area (Å²) in [5.74, 6) is 0.808. The first kappa shape index (κ1) is 13.8. The normalized spacial score (nSPS) is 25.4. The number of carbonyl (C=O) groups is 1. The zero-order chi connectivity index (χ0) is 11.8. The minimum absolute atomic E-state index is 0.0912. The monoisotopic (exact) mass is 245 g/mol. The smallest absolute Gasteiger partial charge is 0.306 e. The first-order valence-electron chi connectivity index (χ1n) is 6.18. The standard InChI is InChI=1S/C12H23NO2S/c1-3-13-10-5-4-6-11(9-10)16-8-7-12(14)15-2/h10-11,13H,3-9H2,1-2H3. The number of rotatable bonds is 6. The molecule has 2 unspecified atom stereocenters. The molecule has 4 heteroatoms. The fraction of sp³-hybridized carbons (Fsp3) is 0.917. The molecule has 1 aliphatic rings. The molecule has 0 bridgehead atoms. The molecule has 0 aromatic heterocycles. The van der Waals surface area contributed by atoms with Gasteiger partial charge in [-0.15, -0.1) is 0 Å². The van der Waals surface area contributed by atoms with E-state index in [4.69, 9.17) is 0 Å². The van der Waals surface area contributed by atoms with Gasteiger partial charge in [0.15, 0.2) is 0 Å². The van der Waals surface area contributed by atoms with Gasteiger partial charge < -0.3 is 10.1 Å². The Labute approximate surface area is 103 Å². The molecule has 0 aromatic rings. The molecular weight excluding hydrogens is 222 g/mol. The predicted molar refractivity (Wildman–Crippen MR) is 68.8 cm³/mol. The Morgan fingerprint density at radius 1 is 1.50 bits per heavy atom. The topological polar surface area (TPSA) is 38.3 Å². The van der Waals surface area contributed by atoms with Gasteiger partial charge in [0.25, 0.3) is 0 Å². The van der Waals surface area contributed by atoms with E-state index in [-0.39, 0.29) is 5.97 Å². The second-order valence-corrected chi connectivity index (χ2v) is 5.65. The lowest BCUT2D eigenvalue weighted by Crippen LogP contribution is -2.35. The highest BCUT2D eigenvalue weighted by Crippen LogP contribution is 2.28. The first-order valence-corrected chi connectivity index (χ1v) is 7.23. The van der Waals surface area contributed by atoms with Crippen LogP contribution in [0.15, 0.2) is 0 Å². The fourth-order valence-electron chi connectivity index (χ4n) is 2.18. The average molecular weight is 245 g/mol. The van der Waals surface area contributed by atoms with Gasteiger partial charge in [0.05, 0.1) is 13.5 Å². The summed E-state index contributed by atoms with van der Waals surface area (Å²) < 4.78 is 4.63. The molecule has 0 aromatic carbocycles. The van der Waals surface area contributed by atoms with Crippen LogP contribution in [0, 0.1) is 0 Å². The summed E-state index contributed by atoms with van der Waals surface area (Å²) >= 11 is 1.93. The van der Waals surface area contributed by atoms with Crippen LogP contribution in [0.5, 0.6) is 0 Å². The molecular formula is C12H23NO2S. The van der Waals surface area contributed by atoms with E-state index in [2.05, 4.69) is 17.0 Å². The van der Waals surface area contributed by atoms with Crippen LogP contribution in [-0.2, 0) is 9.53 Å². The Balaban J connectivity index is 2.14. The molecule has 3 nitrogen and oxygen atoms in total. The van der Waals surface area contributed by atoms with Crippen molar-refractivity contribution in [3.8, 4) is 0 Å². The van der Waals surface area contributed by atoms with E-state index < -0.39 is 0 Å². The van der Waals surface area contributed by atoms with Crippen molar-refractivity contribution in [2.75, 3.05) is 19.4 Å². The third kappa shape index (κ3) is 5.21. The lowest BCUT2D eigenvalue weighted by atomic mass is 9.95. The van der Waals surface area contributed by atoms with Crippen molar-refractivity contribution in [3.05, 3.63) is 0 Å². The molecule has 0 radical (unpaired) electrons. The quantitative estimate of drug-likeness (QED) is 0.728. The summed E-state index contributed by atoms with van der Waals surface area (Å²) in [5, 5.41) is 4.24. The SMILES string of the molecule is CCNC1CCCC(SCCC(=O)OC)C1. The summed E-state index contributed by atoms with van der Waals surface area (Å²) in [7, 11) is 1.45. The van der Waals surface area contributed by atoms with Gasteiger partial charge in [0.2, 0.25) is 0 Å². The van der Waals surface area contributed by atoms with Gasteiger partial charge in [-0.25, -0.2) is 0 Å². The first-order chi connectivity index (χ1) is 7.76. The summed E-state index contributed by atoms with van der Waals surface area (Å²) in [5.41, 5.74) is 0. The number of hydrogen-bond donors (Lipinski definition) is 1. The van der Waals surface area contributed by atoms with Crippen LogP contribution < -0.4 is 5.32 Å². The molecule has 0 spiro atoms. The summed E-state index contributed by atoms with van der Waals surface area (Å²) in [4.78, 5) is 11.0. The molecule has 1 N–H and O–H groups in total. The van der Waals surface area contributed by atoms with E-state index in [0.717, 1.165) is 17.5 Å². The van der Waals surface area contributed by atoms with E-state index in [1.165, 1.54) is 32.8 Å². The van der Waals surface area contributed by atoms with Gasteiger partial charge in [0.1, 0.15) is 0 Å². The molecule has 0 aliphatic heterocycles.